The van der Waals surface area contributed by atoms with Gasteiger partial charge in [0.1, 0.15) is 0 Å². The first-order chi connectivity index (χ1) is 11.3. The Kier molecular flexibility index (Phi) is 4.22. The molecule has 2 nitrogen and oxygen atoms in total. The SMILES string of the molecule is Cc1ccc(C(C)(C)C)cc1NC(=O)c1cc2cccc(C)c2s1. The summed E-state index contributed by atoms with van der Waals surface area (Å²) >= 11 is 1.55. The van der Waals surface area contributed by atoms with E-state index in [0.717, 1.165) is 21.5 Å². The number of amides is 1. The Hall–Kier alpha value is -2.13. The van der Waals surface area contributed by atoms with Crippen LogP contribution in [0.4, 0.5) is 5.69 Å². The van der Waals surface area contributed by atoms with Gasteiger partial charge < -0.3 is 5.32 Å². The Morgan fingerprint density at radius 2 is 1.75 bits per heavy atom. The molecule has 0 fully saturated rings. The molecule has 1 heterocycles. The second kappa shape index (κ2) is 6.06. The lowest BCUT2D eigenvalue weighted by molar-refractivity contribution is 0.103. The van der Waals surface area contributed by atoms with Crippen LogP contribution in [0.3, 0.4) is 0 Å². The minimum absolute atomic E-state index is 0.0373. The molecule has 0 saturated heterocycles. The lowest BCUT2D eigenvalue weighted by atomic mass is 9.86. The first-order valence-electron chi connectivity index (χ1n) is 8.17. The van der Waals surface area contributed by atoms with Crippen molar-refractivity contribution in [2.24, 2.45) is 0 Å². The lowest BCUT2D eigenvalue weighted by Gasteiger charge is -2.21. The highest BCUT2D eigenvalue weighted by Gasteiger charge is 2.17. The second-order valence-electron chi connectivity index (χ2n) is 7.34. The van der Waals surface area contributed by atoms with Crippen LogP contribution in [-0.4, -0.2) is 5.91 Å². The van der Waals surface area contributed by atoms with Crippen molar-refractivity contribution in [2.75, 3.05) is 5.32 Å². The molecule has 0 aliphatic rings. The Morgan fingerprint density at radius 1 is 1.00 bits per heavy atom. The highest BCUT2D eigenvalue weighted by Crippen LogP contribution is 2.30. The third-order valence-corrected chi connectivity index (χ3v) is 5.60. The Bertz CT molecular complexity index is 915. The smallest absolute Gasteiger partial charge is 0.265 e. The van der Waals surface area contributed by atoms with E-state index in [0.29, 0.717) is 0 Å². The van der Waals surface area contributed by atoms with Crippen molar-refractivity contribution in [3.63, 3.8) is 0 Å². The van der Waals surface area contributed by atoms with Gasteiger partial charge in [0.25, 0.3) is 5.91 Å². The van der Waals surface area contributed by atoms with E-state index in [1.165, 1.54) is 15.8 Å². The first-order valence-corrected chi connectivity index (χ1v) is 8.99. The molecule has 0 aliphatic heterocycles. The van der Waals surface area contributed by atoms with Gasteiger partial charge in [0.05, 0.1) is 4.88 Å². The molecule has 2 aromatic carbocycles. The van der Waals surface area contributed by atoms with Crippen LogP contribution in [0.15, 0.2) is 42.5 Å². The molecule has 0 bridgehead atoms. The van der Waals surface area contributed by atoms with E-state index in [-0.39, 0.29) is 11.3 Å². The monoisotopic (exact) mass is 337 g/mol. The molecule has 0 spiro atoms. The normalized spacial score (nSPS) is 11.7. The highest BCUT2D eigenvalue weighted by molar-refractivity contribution is 7.21. The second-order valence-corrected chi connectivity index (χ2v) is 8.39. The molecular formula is C21H23NOS. The number of anilines is 1. The zero-order chi connectivity index (χ0) is 17.5. The minimum atomic E-state index is -0.0373. The maximum atomic E-state index is 12.7. The van der Waals surface area contributed by atoms with Gasteiger partial charge >= 0.3 is 0 Å². The molecule has 1 N–H and O–H groups in total. The molecule has 0 saturated carbocycles. The van der Waals surface area contributed by atoms with Crippen LogP contribution < -0.4 is 5.32 Å². The van der Waals surface area contributed by atoms with Crippen LogP contribution in [0.25, 0.3) is 10.1 Å². The molecule has 0 radical (unpaired) electrons. The van der Waals surface area contributed by atoms with Gasteiger partial charge in [-0.1, -0.05) is 51.1 Å². The molecule has 124 valence electrons. The Morgan fingerprint density at radius 3 is 2.42 bits per heavy atom. The maximum Gasteiger partial charge on any atom is 0.265 e. The number of fused-ring (bicyclic) bond motifs is 1. The Labute approximate surface area is 147 Å². The quantitative estimate of drug-likeness (QED) is 0.604. The number of carbonyl (C=O) groups is 1. The third kappa shape index (κ3) is 3.22. The molecule has 0 atom stereocenters. The van der Waals surface area contributed by atoms with Crippen molar-refractivity contribution in [3.05, 3.63) is 64.0 Å². The van der Waals surface area contributed by atoms with Crippen LogP contribution in [0, 0.1) is 13.8 Å². The molecule has 3 heteroatoms. The zero-order valence-corrected chi connectivity index (χ0v) is 15.7. The van der Waals surface area contributed by atoms with E-state index < -0.39 is 0 Å². The predicted octanol–water partition coefficient (Wildman–Crippen LogP) is 6.07. The third-order valence-electron chi connectivity index (χ3n) is 4.32. The van der Waals surface area contributed by atoms with E-state index in [2.05, 4.69) is 63.3 Å². The van der Waals surface area contributed by atoms with Crippen LogP contribution in [0.2, 0.25) is 0 Å². The van der Waals surface area contributed by atoms with Crippen molar-refractivity contribution in [1.29, 1.82) is 0 Å². The molecular weight excluding hydrogens is 314 g/mol. The van der Waals surface area contributed by atoms with E-state index >= 15 is 0 Å². The Balaban J connectivity index is 1.92. The summed E-state index contributed by atoms with van der Waals surface area (Å²) < 4.78 is 1.18. The summed E-state index contributed by atoms with van der Waals surface area (Å²) in [4.78, 5) is 13.5. The summed E-state index contributed by atoms with van der Waals surface area (Å²) in [5, 5.41) is 4.22. The van der Waals surface area contributed by atoms with Crippen LogP contribution in [0.1, 0.15) is 47.1 Å². The number of rotatable bonds is 2. The van der Waals surface area contributed by atoms with Gasteiger partial charge in [0.2, 0.25) is 0 Å². The van der Waals surface area contributed by atoms with Gasteiger partial charge in [-0.25, -0.2) is 0 Å². The summed E-state index contributed by atoms with van der Waals surface area (Å²) in [6.45, 7) is 10.6. The van der Waals surface area contributed by atoms with Crippen molar-refractivity contribution in [1.82, 2.24) is 0 Å². The number of nitrogens with one attached hydrogen (secondary N) is 1. The number of benzene rings is 2. The zero-order valence-electron chi connectivity index (χ0n) is 14.9. The summed E-state index contributed by atoms with van der Waals surface area (Å²) in [5.41, 5.74) is 4.45. The van der Waals surface area contributed by atoms with E-state index in [1.54, 1.807) is 11.3 Å². The van der Waals surface area contributed by atoms with Crippen molar-refractivity contribution in [2.45, 2.75) is 40.0 Å². The fourth-order valence-electron chi connectivity index (χ4n) is 2.73. The number of hydrogen-bond donors (Lipinski definition) is 1. The molecule has 1 amide bonds. The van der Waals surface area contributed by atoms with Crippen LogP contribution in [0.5, 0.6) is 0 Å². The fraction of sp³-hybridized carbons (Fsp3) is 0.286. The lowest BCUT2D eigenvalue weighted by Crippen LogP contribution is -2.15. The van der Waals surface area contributed by atoms with Crippen molar-refractivity contribution in [3.8, 4) is 0 Å². The minimum Gasteiger partial charge on any atom is -0.321 e. The molecule has 3 aromatic rings. The van der Waals surface area contributed by atoms with Gasteiger partial charge in [0.15, 0.2) is 0 Å². The maximum absolute atomic E-state index is 12.7. The average Bonchev–Trinajstić information content (AvgIpc) is 2.94. The van der Waals surface area contributed by atoms with E-state index in [4.69, 9.17) is 0 Å². The molecule has 0 unspecified atom stereocenters. The van der Waals surface area contributed by atoms with Crippen molar-refractivity contribution < 1.29 is 4.79 Å². The summed E-state index contributed by atoms with van der Waals surface area (Å²) in [6.07, 6.45) is 0. The number of thiophene rings is 1. The molecule has 24 heavy (non-hydrogen) atoms. The molecule has 3 rings (SSSR count). The van der Waals surface area contributed by atoms with E-state index in [9.17, 15) is 4.79 Å². The first kappa shape index (κ1) is 16.7. The van der Waals surface area contributed by atoms with Gasteiger partial charge in [0, 0.05) is 10.4 Å². The fourth-order valence-corrected chi connectivity index (χ4v) is 3.75. The standard InChI is InChI=1S/C21H23NOS/c1-13-9-10-16(21(3,4)5)12-17(13)22-20(23)18-11-15-8-6-7-14(2)19(15)24-18/h6-12H,1-5H3,(H,22,23). The molecule has 0 aliphatic carbocycles. The summed E-state index contributed by atoms with van der Waals surface area (Å²) in [7, 11) is 0. The van der Waals surface area contributed by atoms with Gasteiger partial charge in [-0.3, -0.25) is 4.79 Å². The van der Waals surface area contributed by atoms with Crippen LogP contribution in [-0.2, 0) is 5.41 Å². The molecule has 1 aromatic heterocycles. The number of aryl methyl sites for hydroxylation is 2. The van der Waals surface area contributed by atoms with E-state index in [1.807, 2.05) is 19.1 Å². The largest absolute Gasteiger partial charge is 0.321 e. The van der Waals surface area contributed by atoms with Crippen LogP contribution >= 0.6 is 11.3 Å². The topological polar surface area (TPSA) is 29.1 Å². The van der Waals surface area contributed by atoms with Gasteiger partial charge in [-0.15, -0.1) is 11.3 Å². The average molecular weight is 337 g/mol. The summed E-state index contributed by atoms with van der Waals surface area (Å²) in [5.74, 6) is -0.0373. The van der Waals surface area contributed by atoms with Gasteiger partial charge in [-0.05, 0) is 53.5 Å². The summed E-state index contributed by atoms with van der Waals surface area (Å²) in [6, 6.07) is 14.4. The number of carbonyl (C=O) groups excluding carboxylic acids is 1. The number of hydrogen-bond acceptors (Lipinski definition) is 2. The predicted molar refractivity (Wildman–Crippen MR) is 104 cm³/mol. The van der Waals surface area contributed by atoms with Gasteiger partial charge in [-0.2, -0.15) is 0 Å². The van der Waals surface area contributed by atoms with Crippen molar-refractivity contribution >= 4 is 33.0 Å². The highest BCUT2D eigenvalue weighted by atomic mass is 32.1.